The maximum absolute atomic E-state index is 6.64. The molecule has 0 fully saturated rings. The molecule has 0 aromatic heterocycles. The quantitative estimate of drug-likeness (QED) is 0.166. The van der Waals surface area contributed by atoms with Gasteiger partial charge in [-0.25, -0.2) is 0 Å². The first-order valence-electron chi connectivity index (χ1n) is 14.3. The molecule has 0 saturated heterocycles. The summed E-state index contributed by atoms with van der Waals surface area (Å²) in [6.45, 7) is 6.24. The Morgan fingerprint density at radius 1 is 0.595 bits per heavy atom. The fraction of sp³-hybridized carbons (Fsp3) is 0.0256. The maximum atomic E-state index is 6.64. The molecule has 0 aliphatic carbocycles. The minimum Gasteiger partial charge on any atom is -0.458 e. The molecule has 0 atom stereocenters. The Bertz CT molecular complexity index is 2000. The summed E-state index contributed by atoms with van der Waals surface area (Å²) in [5.74, 6) is 3.46. The molecule has 0 spiro atoms. The number of hydrogen-bond donors (Lipinski definition) is 0. The number of para-hydroxylation sites is 2. The van der Waals surface area contributed by atoms with Crippen molar-refractivity contribution in [1.82, 2.24) is 0 Å². The summed E-state index contributed by atoms with van der Waals surface area (Å²) in [6.07, 6.45) is 6.03. The van der Waals surface area contributed by atoms with Crippen LogP contribution in [0.2, 0.25) is 0 Å². The van der Waals surface area contributed by atoms with E-state index in [0.29, 0.717) is 0 Å². The first-order chi connectivity index (χ1) is 20.7. The molecule has 2 aliphatic heterocycles. The SMILES string of the molecule is C=C/C=C\c1c(C)c(-c2ccccc2)c2ccccc2c1-c1cc2c3c(c1)Oc1ccccc1B3c1ccccc1O2. The topological polar surface area (TPSA) is 18.5 Å². The summed E-state index contributed by atoms with van der Waals surface area (Å²) in [7, 11) is 0. The first kappa shape index (κ1) is 24.5. The van der Waals surface area contributed by atoms with Gasteiger partial charge in [0.15, 0.2) is 0 Å². The Hall–Kier alpha value is -5.28. The van der Waals surface area contributed by atoms with Crippen LogP contribution < -0.4 is 25.9 Å². The second-order valence-corrected chi connectivity index (χ2v) is 10.9. The minimum atomic E-state index is 0.0537. The lowest BCUT2D eigenvalue weighted by Crippen LogP contribution is -2.57. The third-order valence-corrected chi connectivity index (χ3v) is 8.56. The van der Waals surface area contributed by atoms with E-state index < -0.39 is 0 Å². The van der Waals surface area contributed by atoms with Crippen LogP contribution in [0.5, 0.6) is 23.0 Å². The summed E-state index contributed by atoms with van der Waals surface area (Å²) in [4.78, 5) is 0. The number of rotatable bonds is 4. The van der Waals surface area contributed by atoms with Crippen LogP contribution in [-0.2, 0) is 0 Å². The van der Waals surface area contributed by atoms with Crippen LogP contribution in [0.1, 0.15) is 11.1 Å². The van der Waals surface area contributed by atoms with Crippen molar-refractivity contribution in [3.63, 3.8) is 0 Å². The van der Waals surface area contributed by atoms with Crippen LogP contribution in [0.15, 0.2) is 134 Å². The molecule has 3 heteroatoms. The zero-order valence-corrected chi connectivity index (χ0v) is 23.3. The predicted molar refractivity (Wildman–Crippen MR) is 176 cm³/mol. The highest BCUT2D eigenvalue weighted by Crippen LogP contribution is 2.45. The molecule has 2 aliphatic rings. The summed E-state index contributed by atoms with van der Waals surface area (Å²) in [5, 5.41) is 2.40. The van der Waals surface area contributed by atoms with E-state index in [-0.39, 0.29) is 6.71 Å². The van der Waals surface area contributed by atoms with Crippen molar-refractivity contribution in [2.24, 2.45) is 0 Å². The number of benzene rings is 6. The van der Waals surface area contributed by atoms with Crippen LogP contribution >= 0.6 is 0 Å². The fourth-order valence-corrected chi connectivity index (χ4v) is 6.79. The van der Waals surface area contributed by atoms with Gasteiger partial charge in [0.2, 0.25) is 0 Å². The largest absolute Gasteiger partial charge is 0.458 e. The maximum Gasteiger partial charge on any atom is 0.260 e. The van der Waals surface area contributed by atoms with Gasteiger partial charge >= 0.3 is 0 Å². The molecule has 0 N–H and O–H groups in total. The Morgan fingerprint density at radius 3 is 1.76 bits per heavy atom. The van der Waals surface area contributed by atoms with Crippen LogP contribution in [0, 0.1) is 6.92 Å². The molecule has 198 valence electrons. The molecule has 0 amide bonds. The lowest BCUT2D eigenvalue weighted by Gasteiger charge is -2.33. The van der Waals surface area contributed by atoms with E-state index >= 15 is 0 Å². The average Bonchev–Trinajstić information content (AvgIpc) is 3.03. The van der Waals surface area contributed by atoms with Crippen molar-refractivity contribution in [2.45, 2.75) is 6.92 Å². The van der Waals surface area contributed by atoms with Crippen molar-refractivity contribution in [2.75, 3.05) is 0 Å². The Balaban J connectivity index is 1.44. The highest BCUT2D eigenvalue weighted by atomic mass is 16.5. The van der Waals surface area contributed by atoms with Gasteiger partial charge in [-0.05, 0) is 86.3 Å². The lowest BCUT2D eigenvalue weighted by molar-refractivity contribution is 0.465. The van der Waals surface area contributed by atoms with Gasteiger partial charge in [-0.2, -0.15) is 0 Å². The van der Waals surface area contributed by atoms with Crippen molar-refractivity contribution in [3.05, 3.63) is 145 Å². The number of fused-ring (bicyclic) bond motifs is 5. The Morgan fingerprint density at radius 2 is 1.14 bits per heavy atom. The van der Waals surface area contributed by atoms with Crippen LogP contribution in [0.4, 0.5) is 0 Å². The van der Waals surface area contributed by atoms with E-state index in [1.807, 2.05) is 24.3 Å². The molecule has 6 aromatic rings. The molecule has 2 heterocycles. The van der Waals surface area contributed by atoms with E-state index in [0.717, 1.165) is 56.1 Å². The predicted octanol–water partition coefficient (Wildman–Crippen LogP) is 8.41. The van der Waals surface area contributed by atoms with Gasteiger partial charge in [0.1, 0.15) is 23.0 Å². The van der Waals surface area contributed by atoms with Gasteiger partial charge in [-0.15, -0.1) is 0 Å². The molecule has 2 nitrogen and oxygen atoms in total. The van der Waals surface area contributed by atoms with E-state index in [9.17, 15) is 0 Å². The number of hydrogen-bond acceptors (Lipinski definition) is 2. The third-order valence-electron chi connectivity index (χ3n) is 8.56. The van der Waals surface area contributed by atoms with E-state index in [4.69, 9.17) is 9.47 Å². The fourth-order valence-electron chi connectivity index (χ4n) is 6.79. The van der Waals surface area contributed by atoms with Crippen LogP contribution in [-0.4, -0.2) is 6.71 Å². The zero-order chi connectivity index (χ0) is 28.2. The monoisotopic (exact) mass is 538 g/mol. The van der Waals surface area contributed by atoms with E-state index in [2.05, 4.69) is 123 Å². The minimum absolute atomic E-state index is 0.0537. The second-order valence-electron chi connectivity index (χ2n) is 10.9. The van der Waals surface area contributed by atoms with Crippen molar-refractivity contribution in [3.8, 4) is 45.3 Å². The molecule has 0 bridgehead atoms. The zero-order valence-electron chi connectivity index (χ0n) is 23.3. The Kier molecular flexibility index (Phi) is 5.65. The van der Waals surface area contributed by atoms with Gasteiger partial charge < -0.3 is 9.47 Å². The van der Waals surface area contributed by atoms with Gasteiger partial charge in [0, 0.05) is 5.46 Å². The van der Waals surface area contributed by atoms with Gasteiger partial charge in [-0.1, -0.05) is 116 Å². The standard InChI is InChI=1S/C39H27BO2/c1-3-4-16-28-25(2)37(26-14-6-5-7-15-26)29-17-8-9-18-30(29)38(28)27-23-35-39-36(24-27)42-34-22-13-11-20-32(34)40(39)31-19-10-12-21-33(31)41-35/h3-24H,1H2,2H3/b16-4-. The lowest BCUT2D eigenvalue weighted by atomic mass is 9.35. The highest BCUT2D eigenvalue weighted by Gasteiger charge is 2.40. The molecule has 42 heavy (non-hydrogen) atoms. The van der Waals surface area contributed by atoms with Crippen molar-refractivity contribution in [1.29, 1.82) is 0 Å². The number of allylic oxidation sites excluding steroid dienone is 2. The van der Waals surface area contributed by atoms with Gasteiger partial charge in [0.25, 0.3) is 6.71 Å². The average molecular weight is 538 g/mol. The molecule has 6 aromatic carbocycles. The van der Waals surface area contributed by atoms with Gasteiger partial charge in [0.05, 0.1) is 0 Å². The summed E-state index contributed by atoms with van der Waals surface area (Å²) in [6, 6.07) is 40.5. The van der Waals surface area contributed by atoms with Crippen LogP contribution in [0.25, 0.3) is 39.1 Å². The molecule has 0 saturated carbocycles. The molecule has 0 radical (unpaired) electrons. The molecular formula is C39H27BO2. The second kappa shape index (κ2) is 9.68. The smallest absolute Gasteiger partial charge is 0.260 e. The summed E-state index contributed by atoms with van der Waals surface area (Å²) >= 11 is 0. The Labute approximate surface area is 246 Å². The van der Waals surface area contributed by atoms with Crippen molar-refractivity contribution >= 4 is 39.9 Å². The van der Waals surface area contributed by atoms with Crippen LogP contribution in [0.3, 0.4) is 0 Å². The van der Waals surface area contributed by atoms with E-state index in [1.165, 1.54) is 27.5 Å². The molecule has 0 unspecified atom stereocenters. The van der Waals surface area contributed by atoms with E-state index in [1.54, 1.807) is 0 Å². The molecular weight excluding hydrogens is 511 g/mol. The first-order valence-corrected chi connectivity index (χ1v) is 14.3. The molecule has 8 rings (SSSR count). The normalized spacial score (nSPS) is 12.7. The summed E-state index contributed by atoms with van der Waals surface area (Å²) < 4.78 is 13.3. The highest BCUT2D eigenvalue weighted by molar-refractivity contribution is 6.98. The summed E-state index contributed by atoms with van der Waals surface area (Å²) in [5.41, 5.74) is 10.4. The number of ether oxygens (including phenoxy) is 2. The third kappa shape index (κ3) is 3.67. The van der Waals surface area contributed by atoms with Gasteiger partial charge in [-0.3, -0.25) is 0 Å². The van der Waals surface area contributed by atoms with Crippen molar-refractivity contribution < 1.29 is 9.47 Å².